The van der Waals surface area contributed by atoms with Gasteiger partial charge in [0.1, 0.15) is 5.69 Å². The van der Waals surface area contributed by atoms with Gasteiger partial charge in [-0.05, 0) is 18.2 Å². The lowest BCUT2D eigenvalue weighted by Crippen LogP contribution is -2.48. The molecule has 0 radical (unpaired) electrons. The number of fused-ring (bicyclic) bond motifs is 1. The molecule has 2 heterocycles. The molecule has 0 bridgehead atoms. The first-order chi connectivity index (χ1) is 15.4. The third-order valence-electron chi connectivity index (χ3n) is 5.49. The van der Waals surface area contributed by atoms with Crippen molar-refractivity contribution in [2.45, 2.75) is 6.67 Å². The number of hydrogen-bond donors (Lipinski definition) is 1. The van der Waals surface area contributed by atoms with Gasteiger partial charge in [-0.3, -0.25) is 24.6 Å². The molecule has 0 spiro atoms. The van der Waals surface area contributed by atoms with Gasteiger partial charge in [-0.25, -0.2) is 4.68 Å². The van der Waals surface area contributed by atoms with Crippen LogP contribution in [0.4, 0.5) is 11.4 Å². The summed E-state index contributed by atoms with van der Waals surface area (Å²) in [6.45, 7) is 2.41. The summed E-state index contributed by atoms with van der Waals surface area (Å²) in [7, 11) is 1.52. The van der Waals surface area contributed by atoms with E-state index in [1.807, 2.05) is 9.80 Å². The van der Waals surface area contributed by atoms with Gasteiger partial charge in [0.15, 0.2) is 5.69 Å². The Kier molecular flexibility index (Phi) is 6.06. The molecule has 1 fully saturated rings. The van der Waals surface area contributed by atoms with E-state index in [2.05, 4.69) is 10.4 Å². The molecule has 0 aliphatic carbocycles. The van der Waals surface area contributed by atoms with Gasteiger partial charge in [0, 0.05) is 49.7 Å². The van der Waals surface area contributed by atoms with Gasteiger partial charge in [-0.2, -0.15) is 5.10 Å². The molecule has 4 rings (SSSR count). The van der Waals surface area contributed by atoms with Crippen LogP contribution in [0.3, 0.4) is 0 Å². The van der Waals surface area contributed by atoms with Crippen molar-refractivity contribution in [3.05, 3.63) is 73.6 Å². The average Bonchev–Trinajstić information content (AvgIpc) is 2.81. The molecular weight excluding hydrogens is 436 g/mol. The van der Waals surface area contributed by atoms with E-state index in [9.17, 15) is 19.7 Å². The molecule has 3 aromatic rings. The van der Waals surface area contributed by atoms with E-state index in [4.69, 9.17) is 11.6 Å². The third-order valence-corrected chi connectivity index (χ3v) is 5.73. The van der Waals surface area contributed by atoms with Gasteiger partial charge in [0.25, 0.3) is 17.2 Å². The monoisotopic (exact) mass is 456 g/mol. The van der Waals surface area contributed by atoms with Crippen molar-refractivity contribution in [3.8, 4) is 0 Å². The topological polar surface area (TPSA) is 114 Å². The van der Waals surface area contributed by atoms with Crippen molar-refractivity contribution in [2.75, 3.05) is 38.1 Å². The Hall–Kier alpha value is -3.50. The molecular formula is C21H21ClN6O4. The van der Waals surface area contributed by atoms with Gasteiger partial charge in [0.2, 0.25) is 0 Å². The lowest BCUT2D eigenvalue weighted by atomic mass is 10.1. The molecule has 1 N–H and O–H groups in total. The van der Waals surface area contributed by atoms with E-state index in [0.717, 1.165) is 0 Å². The first kappa shape index (κ1) is 21.7. The number of benzene rings is 2. The molecule has 166 valence electrons. The predicted octanol–water partition coefficient (Wildman–Crippen LogP) is 2.10. The highest BCUT2D eigenvalue weighted by atomic mass is 35.5. The Bertz CT molecular complexity index is 1250. The molecule has 1 aromatic heterocycles. The maximum absolute atomic E-state index is 12.9. The van der Waals surface area contributed by atoms with E-state index in [-0.39, 0.29) is 29.5 Å². The third kappa shape index (κ3) is 4.14. The maximum Gasteiger partial charge on any atom is 0.294 e. The minimum atomic E-state index is -0.438. The fourth-order valence-corrected chi connectivity index (χ4v) is 4.01. The van der Waals surface area contributed by atoms with Crippen LogP contribution in [0.15, 0.2) is 47.3 Å². The van der Waals surface area contributed by atoms with Crippen molar-refractivity contribution in [1.29, 1.82) is 0 Å². The summed E-state index contributed by atoms with van der Waals surface area (Å²) in [5.74, 6) is -0.366. The summed E-state index contributed by atoms with van der Waals surface area (Å²) in [6, 6.07) is 11.5. The largest absolute Gasteiger partial charge is 0.363 e. The van der Waals surface area contributed by atoms with Crippen molar-refractivity contribution in [2.24, 2.45) is 0 Å². The summed E-state index contributed by atoms with van der Waals surface area (Å²) in [5, 5.41) is 19.5. The van der Waals surface area contributed by atoms with Crippen molar-refractivity contribution >= 4 is 39.7 Å². The molecule has 1 amide bonds. The Morgan fingerprint density at radius 2 is 1.84 bits per heavy atom. The SMILES string of the molecule is CNC(=O)c1nn(CN2CCN(c3ccc(Cl)cc3[N+](=O)[O-])CC2)c(=O)c2ccccc12. The molecule has 0 unspecified atom stereocenters. The second-order valence-electron chi connectivity index (χ2n) is 7.41. The highest BCUT2D eigenvalue weighted by molar-refractivity contribution is 6.30. The van der Waals surface area contributed by atoms with Crippen LogP contribution in [0.5, 0.6) is 0 Å². The highest BCUT2D eigenvalue weighted by Crippen LogP contribution is 2.31. The number of halogens is 1. The Morgan fingerprint density at radius 3 is 2.50 bits per heavy atom. The number of anilines is 1. The minimum Gasteiger partial charge on any atom is -0.363 e. The summed E-state index contributed by atoms with van der Waals surface area (Å²) in [4.78, 5) is 40.2. The molecule has 10 nitrogen and oxygen atoms in total. The van der Waals surface area contributed by atoms with Crippen LogP contribution < -0.4 is 15.8 Å². The van der Waals surface area contributed by atoms with E-state index >= 15 is 0 Å². The zero-order chi connectivity index (χ0) is 22.8. The normalized spacial score (nSPS) is 14.5. The van der Waals surface area contributed by atoms with Gasteiger partial charge in [-0.15, -0.1) is 0 Å². The molecule has 2 aromatic carbocycles. The number of carbonyl (C=O) groups is 1. The van der Waals surface area contributed by atoms with Gasteiger partial charge in [-0.1, -0.05) is 29.8 Å². The van der Waals surface area contributed by atoms with Crippen molar-refractivity contribution < 1.29 is 9.72 Å². The molecule has 1 aliphatic rings. The van der Waals surface area contributed by atoms with Crippen LogP contribution in [-0.4, -0.2) is 58.7 Å². The molecule has 11 heteroatoms. The number of piperazine rings is 1. The van der Waals surface area contributed by atoms with Crippen LogP contribution in [0.25, 0.3) is 10.8 Å². The number of nitro benzene ring substituents is 1. The van der Waals surface area contributed by atoms with E-state index in [0.29, 0.717) is 47.7 Å². The molecule has 32 heavy (non-hydrogen) atoms. The Morgan fingerprint density at radius 1 is 1.16 bits per heavy atom. The van der Waals surface area contributed by atoms with E-state index < -0.39 is 4.92 Å². The number of rotatable bonds is 5. The van der Waals surface area contributed by atoms with Crippen LogP contribution in [0.2, 0.25) is 5.02 Å². The van der Waals surface area contributed by atoms with Crippen LogP contribution in [0.1, 0.15) is 10.5 Å². The molecule has 1 aliphatic heterocycles. The van der Waals surface area contributed by atoms with Crippen LogP contribution in [-0.2, 0) is 6.67 Å². The second-order valence-corrected chi connectivity index (χ2v) is 7.85. The number of nitrogens with one attached hydrogen (secondary N) is 1. The fourth-order valence-electron chi connectivity index (χ4n) is 3.85. The zero-order valence-corrected chi connectivity index (χ0v) is 18.1. The van der Waals surface area contributed by atoms with Gasteiger partial charge < -0.3 is 10.2 Å². The number of aromatic nitrogens is 2. The molecule has 0 saturated carbocycles. The summed E-state index contributed by atoms with van der Waals surface area (Å²) in [6.07, 6.45) is 0. The quantitative estimate of drug-likeness (QED) is 0.462. The van der Waals surface area contributed by atoms with Gasteiger partial charge >= 0.3 is 0 Å². The first-order valence-corrected chi connectivity index (χ1v) is 10.4. The number of amides is 1. The zero-order valence-electron chi connectivity index (χ0n) is 17.3. The van der Waals surface area contributed by atoms with Crippen LogP contribution in [0, 0.1) is 10.1 Å². The summed E-state index contributed by atoms with van der Waals surface area (Å²) < 4.78 is 1.30. The van der Waals surface area contributed by atoms with Crippen LogP contribution >= 0.6 is 11.6 Å². The van der Waals surface area contributed by atoms with Crippen molar-refractivity contribution in [1.82, 2.24) is 20.0 Å². The predicted molar refractivity (Wildman–Crippen MR) is 121 cm³/mol. The lowest BCUT2D eigenvalue weighted by molar-refractivity contribution is -0.384. The number of nitro groups is 1. The average molecular weight is 457 g/mol. The lowest BCUT2D eigenvalue weighted by Gasteiger charge is -2.35. The summed E-state index contributed by atoms with van der Waals surface area (Å²) >= 11 is 5.92. The van der Waals surface area contributed by atoms with Crippen molar-refractivity contribution in [3.63, 3.8) is 0 Å². The maximum atomic E-state index is 12.9. The molecule has 1 saturated heterocycles. The second kappa shape index (κ2) is 8.93. The summed E-state index contributed by atoms with van der Waals surface area (Å²) in [5.41, 5.74) is 0.401. The minimum absolute atomic E-state index is 0.0337. The highest BCUT2D eigenvalue weighted by Gasteiger charge is 2.25. The fraction of sp³-hybridized carbons (Fsp3) is 0.286. The smallest absolute Gasteiger partial charge is 0.294 e. The van der Waals surface area contributed by atoms with E-state index in [1.165, 1.54) is 17.8 Å². The first-order valence-electron chi connectivity index (χ1n) is 10.0. The Labute approximate surface area is 188 Å². The van der Waals surface area contributed by atoms with Gasteiger partial charge in [0.05, 0.1) is 17.0 Å². The number of nitrogens with zero attached hydrogens (tertiary/aromatic N) is 5. The number of carbonyl (C=O) groups excluding carboxylic acids is 1. The van der Waals surface area contributed by atoms with E-state index in [1.54, 1.807) is 36.4 Å². The standard InChI is InChI=1S/C21H21ClN6O4/c1-23-20(29)19-15-4-2-3-5-16(15)21(30)27(24-19)13-25-8-10-26(11-9-25)17-7-6-14(22)12-18(17)28(31)32/h2-7,12H,8-11,13H2,1H3,(H,23,29). The number of hydrogen-bond acceptors (Lipinski definition) is 7. The molecule has 0 atom stereocenters. The Balaban J connectivity index is 1.55.